The summed E-state index contributed by atoms with van der Waals surface area (Å²) in [7, 11) is 0. The van der Waals surface area contributed by atoms with Crippen molar-refractivity contribution < 1.29 is 26.7 Å². The molecule has 190 valence electrons. The van der Waals surface area contributed by atoms with Gasteiger partial charge in [0.2, 0.25) is 5.92 Å². The lowest BCUT2D eigenvalue weighted by Crippen LogP contribution is -2.34. The van der Waals surface area contributed by atoms with Crippen LogP contribution in [0.1, 0.15) is 79.0 Å². The zero-order valence-corrected chi connectivity index (χ0v) is 19.5. The van der Waals surface area contributed by atoms with Crippen molar-refractivity contribution in [2.45, 2.75) is 69.4 Å². The molecule has 3 heterocycles. The van der Waals surface area contributed by atoms with Crippen molar-refractivity contribution in [1.29, 1.82) is 0 Å². The van der Waals surface area contributed by atoms with E-state index in [1.54, 1.807) is 12.1 Å². The molecule has 3 aromatic rings. The first-order valence-corrected chi connectivity index (χ1v) is 11.9. The summed E-state index contributed by atoms with van der Waals surface area (Å²) >= 11 is 0. The minimum absolute atomic E-state index is 0.0192. The van der Waals surface area contributed by atoms with Gasteiger partial charge in [-0.1, -0.05) is 0 Å². The van der Waals surface area contributed by atoms with Gasteiger partial charge in [0.05, 0.1) is 22.5 Å². The highest BCUT2D eigenvalue weighted by molar-refractivity contribution is 6.04. The third-order valence-electron chi connectivity index (χ3n) is 7.46. The molecule has 0 amide bonds. The number of rotatable bonds is 4. The van der Waals surface area contributed by atoms with Crippen LogP contribution in [0.4, 0.5) is 22.0 Å². The maximum absolute atomic E-state index is 13.5. The molecule has 2 aliphatic rings. The highest BCUT2D eigenvalue weighted by Gasteiger charge is 2.47. The number of nitrogens with zero attached hydrogens (tertiary/aromatic N) is 2. The molecular weight excluding hydrogens is 481 g/mol. The maximum Gasteiger partial charge on any atom is 0.391 e. The number of hydrogen-bond acceptors (Lipinski definition) is 4. The Morgan fingerprint density at radius 3 is 2.36 bits per heavy atom. The molecule has 10 heteroatoms. The van der Waals surface area contributed by atoms with Crippen molar-refractivity contribution in [3.63, 3.8) is 0 Å². The fourth-order valence-electron chi connectivity index (χ4n) is 5.49. The van der Waals surface area contributed by atoms with Crippen LogP contribution in [0.2, 0.25) is 0 Å². The predicted molar refractivity (Wildman–Crippen MR) is 123 cm³/mol. The first-order chi connectivity index (χ1) is 16.9. The van der Waals surface area contributed by atoms with E-state index in [2.05, 4.69) is 15.0 Å². The highest BCUT2D eigenvalue weighted by atomic mass is 19.4. The smallest absolute Gasteiger partial charge is 0.354 e. The quantitative estimate of drug-likeness (QED) is 0.323. The van der Waals surface area contributed by atoms with Crippen LogP contribution >= 0.6 is 0 Å². The molecule has 0 radical (unpaired) electrons. The molecule has 1 N–H and O–H groups in total. The SMILES string of the molecule is CC(=O)c1nccc2[nH]c(-c3cnc(C4CC(F)(F)C4)cc3[C@H]3CC[C@@H](C(F)(F)F)CC3)cc(=O)c12. The number of fused-ring (bicyclic) bond motifs is 1. The third-order valence-corrected chi connectivity index (χ3v) is 7.46. The third kappa shape index (κ3) is 4.53. The van der Waals surface area contributed by atoms with Gasteiger partial charge in [0, 0.05) is 55.4 Å². The molecule has 3 aromatic heterocycles. The van der Waals surface area contributed by atoms with Crippen molar-refractivity contribution >= 4 is 16.7 Å². The Labute approximate surface area is 203 Å². The Morgan fingerprint density at radius 2 is 1.75 bits per heavy atom. The van der Waals surface area contributed by atoms with E-state index >= 15 is 0 Å². The maximum atomic E-state index is 13.5. The first-order valence-electron chi connectivity index (χ1n) is 11.9. The number of alkyl halides is 5. The van der Waals surface area contributed by atoms with Gasteiger partial charge in [-0.15, -0.1) is 0 Å². The molecule has 0 unspecified atom stereocenters. The minimum atomic E-state index is -4.25. The predicted octanol–water partition coefficient (Wildman–Crippen LogP) is 6.54. The molecule has 0 aliphatic heterocycles. The van der Waals surface area contributed by atoms with Crippen LogP contribution in [0.3, 0.4) is 0 Å². The first kappa shape index (κ1) is 24.5. The second kappa shape index (κ2) is 8.74. The summed E-state index contributed by atoms with van der Waals surface area (Å²) in [5, 5.41) is 0.155. The molecule has 2 saturated carbocycles. The van der Waals surface area contributed by atoms with Crippen molar-refractivity contribution in [2.24, 2.45) is 5.92 Å². The summed E-state index contributed by atoms with van der Waals surface area (Å²) in [5.74, 6) is -5.10. The average molecular weight is 505 g/mol. The van der Waals surface area contributed by atoms with Crippen LogP contribution in [-0.2, 0) is 0 Å². The van der Waals surface area contributed by atoms with Gasteiger partial charge in [-0.05, 0) is 49.3 Å². The zero-order valence-electron chi connectivity index (χ0n) is 19.5. The van der Waals surface area contributed by atoms with E-state index in [0.717, 1.165) is 0 Å². The van der Waals surface area contributed by atoms with Crippen LogP contribution in [0.5, 0.6) is 0 Å². The summed E-state index contributed by atoms with van der Waals surface area (Å²) in [6, 6.07) is 4.62. The van der Waals surface area contributed by atoms with E-state index in [-0.39, 0.29) is 61.3 Å². The number of H-pyrrole nitrogens is 1. The molecule has 2 fully saturated rings. The fourth-order valence-corrected chi connectivity index (χ4v) is 5.49. The normalized spacial score (nSPS) is 22.4. The summed E-state index contributed by atoms with van der Waals surface area (Å²) in [6.45, 7) is 1.32. The van der Waals surface area contributed by atoms with Gasteiger partial charge in [0.15, 0.2) is 11.2 Å². The number of Topliss-reactive ketones (excluding diaryl/α,β-unsaturated/α-hetero) is 1. The van der Waals surface area contributed by atoms with Crippen LogP contribution in [0.15, 0.2) is 35.4 Å². The summed E-state index contributed by atoms with van der Waals surface area (Å²) < 4.78 is 66.7. The van der Waals surface area contributed by atoms with E-state index in [1.807, 2.05) is 0 Å². The topological polar surface area (TPSA) is 75.7 Å². The van der Waals surface area contributed by atoms with Crippen molar-refractivity contribution in [3.05, 3.63) is 57.8 Å². The minimum Gasteiger partial charge on any atom is -0.354 e. The molecule has 0 aromatic carbocycles. The Bertz CT molecular complexity index is 1380. The Hall–Kier alpha value is -3.17. The number of carbonyl (C=O) groups excluding carboxylic acids is 1. The number of ketones is 1. The lowest BCUT2D eigenvalue weighted by Gasteiger charge is -2.35. The van der Waals surface area contributed by atoms with Gasteiger partial charge in [-0.2, -0.15) is 13.2 Å². The second-order valence-corrected chi connectivity index (χ2v) is 9.93. The van der Waals surface area contributed by atoms with E-state index in [1.165, 1.54) is 25.4 Å². The molecule has 0 atom stereocenters. The van der Waals surface area contributed by atoms with E-state index in [4.69, 9.17) is 0 Å². The standard InChI is InChI=1S/C26H24F5N3O2/c1-13(35)24-23-19(6-7-32-24)34-21(9-22(23)36)18-12-33-20(15-10-25(27,28)11-15)8-17(18)14-2-4-16(5-3-14)26(29,30)31/h6-9,12,14-16H,2-5,10-11H2,1H3,(H,34,36)/t14-,16+. The van der Waals surface area contributed by atoms with E-state index in [0.29, 0.717) is 28.0 Å². The zero-order chi connectivity index (χ0) is 25.8. The van der Waals surface area contributed by atoms with Gasteiger partial charge < -0.3 is 4.98 Å². The molecule has 0 saturated heterocycles. The fraction of sp³-hybridized carbons (Fsp3) is 0.462. The number of aromatic amines is 1. The summed E-state index contributed by atoms with van der Waals surface area (Å²) in [4.78, 5) is 36.5. The van der Waals surface area contributed by atoms with E-state index in [9.17, 15) is 31.5 Å². The lowest BCUT2D eigenvalue weighted by molar-refractivity contribution is -0.182. The van der Waals surface area contributed by atoms with Crippen LogP contribution in [0, 0.1) is 5.92 Å². The Balaban J connectivity index is 1.58. The molecule has 36 heavy (non-hydrogen) atoms. The summed E-state index contributed by atoms with van der Waals surface area (Å²) in [5.41, 5.74) is 2.15. The number of halogens is 5. The number of hydrogen-bond donors (Lipinski definition) is 1. The molecule has 5 nitrogen and oxygen atoms in total. The van der Waals surface area contributed by atoms with E-state index < -0.39 is 29.4 Å². The molecule has 0 bridgehead atoms. The van der Waals surface area contributed by atoms with Crippen LogP contribution < -0.4 is 5.43 Å². The highest BCUT2D eigenvalue weighted by Crippen LogP contribution is 2.50. The summed E-state index contributed by atoms with van der Waals surface area (Å²) in [6.07, 6.45) is -1.41. The monoisotopic (exact) mass is 505 g/mol. The molecule has 0 spiro atoms. The number of pyridine rings is 3. The lowest BCUT2D eigenvalue weighted by atomic mass is 9.75. The molecular formula is C26H24F5N3O2. The van der Waals surface area contributed by atoms with Gasteiger partial charge in [0.1, 0.15) is 5.69 Å². The van der Waals surface area contributed by atoms with Crippen molar-refractivity contribution in [3.8, 4) is 11.3 Å². The Kier molecular flexibility index (Phi) is 5.95. The molecule has 5 rings (SSSR count). The van der Waals surface area contributed by atoms with Crippen LogP contribution in [-0.4, -0.2) is 32.8 Å². The van der Waals surface area contributed by atoms with Crippen LogP contribution in [0.25, 0.3) is 22.2 Å². The van der Waals surface area contributed by atoms with Crippen molar-refractivity contribution in [1.82, 2.24) is 15.0 Å². The van der Waals surface area contributed by atoms with Gasteiger partial charge in [-0.25, -0.2) is 8.78 Å². The average Bonchev–Trinajstić information content (AvgIpc) is 2.81. The number of aromatic nitrogens is 3. The van der Waals surface area contributed by atoms with Gasteiger partial charge in [0.25, 0.3) is 0 Å². The van der Waals surface area contributed by atoms with Crippen molar-refractivity contribution in [2.75, 3.05) is 0 Å². The number of carbonyl (C=O) groups is 1. The van der Waals surface area contributed by atoms with Gasteiger partial charge in [-0.3, -0.25) is 19.6 Å². The molecule has 2 aliphatic carbocycles. The Morgan fingerprint density at radius 1 is 1.06 bits per heavy atom. The van der Waals surface area contributed by atoms with Gasteiger partial charge >= 0.3 is 6.18 Å². The number of nitrogens with one attached hydrogen (secondary N) is 1. The largest absolute Gasteiger partial charge is 0.391 e. The second-order valence-electron chi connectivity index (χ2n) is 9.93.